The minimum absolute atomic E-state index is 0.654. The molecule has 0 aromatic carbocycles. The normalized spacial score (nSPS) is 15.6. The monoisotopic (exact) mass is 214 g/mol. The van der Waals surface area contributed by atoms with Crippen LogP contribution in [-0.4, -0.2) is 37.6 Å². The molecule has 0 bridgehead atoms. The maximum absolute atomic E-state index is 3.60. The SMILES string of the molecule is CCCCN(C)CC(NCC)C(C)CC. The third-order valence-electron chi connectivity index (χ3n) is 3.20. The average Bonchev–Trinajstić information content (AvgIpc) is 2.24. The molecule has 0 saturated heterocycles. The highest BCUT2D eigenvalue weighted by Gasteiger charge is 2.15. The van der Waals surface area contributed by atoms with E-state index in [9.17, 15) is 0 Å². The summed E-state index contributed by atoms with van der Waals surface area (Å²) in [5, 5.41) is 3.60. The minimum atomic E-state index is 0.654. The van der Waals surface area contributed by atoms with Crippen LogP contribution in [0.25, 0.3) is 0 Å². The smallest absolute Gasteiger partial charge is 0.0220 e. The van der Waals surface area contributed by atoms with Gasteiger partial charge in [-0.2, -0.15) is 0 Å². The molecule has 2 unspecified atom stereocenters. The van der Waals surface area contributed by atoms with Gasteiger partial charge in [-0.25, -0.2) is 0 Å². The Labute approximate surface area is 96.4 Å². The van der Waals surface area contributed by atoms with Gasteiger partial charge in [0.25, 0.3) is 0 Å². The molecule has 0 aliphatic rings. The van der Waals surface area contributed by atoms with Crippen molar-refractivity contribution >= 4 is 0 Å². The molecule has 0 heterocycles. The van der Waals surface area contributed by atoms with Gasteiger partial charge in [-0.1, -0.05) is 40.5 Å². The van der Waals surface area contributed by atoms with Gasteiger partial charge in [-0.05, 0) is 32.5 Å². The third kappa shape index (κ3) is 6.91. The van der Waals surface area contributed by atoms with E-state index < -0.39 is 0 Å². The fourth-order valence-electron chi connectivity index (χ4n) is 1.85. The second kappa shape index (κ2) is 9.17. The average molecular weight is 214 g/mol. The summed E-state index contributed by atoms with van der Waals surface area (Å²) in [7, 11) is 2.24. The Hall–Kier alpha value is -0.0800. The molecule has 0 fully saturated rings. The minimum Gasteiger partial charge on any atom is -0.313 e. The molecule has 0 aromatic heterocycles. The summed E-state index contributed by atoms with van der Waals surface area (Å²) >= 11 is 0. The molecule has 0 saturated carbocycles. The molecule has 0 aliphatic heterocycles. The van der Waals surface area contributed by atoms with Gasteiger partial charge in [0, 0.05) is 12.6 Å². The molecule has 0 aliphatic carbocycles. The van der Waals surface area contributed by atoms with Crippen molar-refractivity contribution in [3.05, 3.63) is 0 Å². The van der Waals surface area contributed by atoms with Crippen LogP contribution in [0.1, 0.15) is 47.0 Å². The van der Waals surface area contributed by atoms with Gasteiger partial charge in [-0.3, -0.25) is 0 Å². The number of hydrogen-bond acceptors (Lipinski definition) is 2. The third-order valence-corrected chi connectivity index (χ3v) is 3.20. The molecule has 2 heteroatoms. The van der Waals surface area contributed by atoms with Crippen molar-refractivity contribution in [2.75, 3.05) is 26.7 Å². The van der Waals surface area contributed by atoms with Gasteiger partial charge in [0.15, 0.2) is 0 Å². The highest BCUT2D eigenvalue weighted by atomic mass is 15.1. The van der Waals surface area contributed by atoms with Crippen molar-refractivity contribution in [1.82, 2.24) is 10.2 Å². The van der Waals surface area contributed by atoms with Crippen LogP contribution in [0.2, 0.25) is 0 Å². The van der Waals surface area contributed by atoms with Crippen LogP contribution < -0.4 is 5.32 Å². The number of likely N-dealkylation sites (N-methyl/N-ethyl adjacent to an activating group) is 2. The Morgan fingerprint density at radius 1 is 1.20 bits per heavy atom. The Balaban J connectivity index is 3.91. The first-order valence-electron chi connectivity index (χ1n) is 6.57. The maximum Gasteiger partial charge on any atom is 0.0220 e. The lowest BCUT2D eigenvalue weighted by molar-refractivity contribution is 0.243. The van der Waals surface area contributed by atoms with E-state index in [1.54, 1.807) is 0 Å². The van der Waals surface area contributed by atoms with Crippen LogP contribution in [0.5, 0.6) is 0 Å². The molecule has 92 valence electrons. The second-order valence-electron chi connectivity index (χ2n) is 4.67. The summed E-state index contributed by atoms with van der Waals surface area (Å²) in [6.07, 6.45) is 3.87. The Bertz CT molecular complexity index is 136. The van der Waals surface area contributed by atoms with E-state index in [0.29, 0.717) is 6.04 Å². The molecule has 15 heavy (non-hydrogen) atoms. The van der Waals surface area contributed by atoms with Gasteiger partial charge >= 0.3 is 0 Å². The first-order valence-corrected chi connectivity index (χ1v) is 6.57. The van der Waals surface area contributed by atoms with E-state index in [1.807, 2.05) is 0 Å². The van der Waals surface area contributed by atoms with E-state index in [2.05, 4.69) is 45.0 Å². The lowest BCUT2D eigenvalue weighted by atomic mass is 9.98. The lowest BCUT2D eigenvalue weighted by Gasteiger charge is -2.28. The molecule has 0 radical (unpaired) electrons. The van der Waals surface area contributed by atoms with Crippen LogP contribution in [-0.2, 0) is 0 Å². The van der Waals surface area contributed by atoms with Crippen molar-refractivity contribution in [3.8, 4) is 0 Å². The maximum atomic E-state index is 3.60. The number of nitrogens with zero attached hydrogens (tertiary/aromatic N) is 1. The standard InChI is InChI=1S/C13H30N2/c1-6-9-10-15(5)11-13(14-8-3)12(4)7-2/h12-14H,6-11H2,1-5H3. The Morgan fingerprint density at radius 3 is 2.33 bits per heavy atom. The Morgan fingerprint density at radius 2 is 1.87 bits per heavy atom. The number of nitrogens with one attached hydrogen (secondary N) is 1. The first-order chi connectivity index (χ1) is 7.15. The summed E-state index contributed by atoms with van der Waals surface area (Å²) in [5.74, 6) is 0.772. The number of hydrogen-bond donors (Lipinski definition) is 1. The highest BCUT2D eigenvalue weighted by molar-refractivity contribution is 4.75. The van der Waals surface area contributed by atoms with Gasteiger partial charge in [0.2, 0.25) is 0 Å². The van der Waals surface area contributed by atoms with Gasteiger partial charge < -0.3 is 10.2 Å². The lowest BCUT2D eigenvalue weighted by Crippen LogP contribution is -2.43. The molecule has 1 N–H and O–H groups in total. The van der Waals surface area contributed by atoms with Crippen molar-refractivity contribution in [1.29, 1.82) is 0 Å². The summed E-state index contributed by atoms with van der Waals surface area (Å²) in [6, 6.07) is 0.654. The van der Waals surface area contributed by atoms with Crippen LogP contribution in [0, 0.1) is 5.92 Å². The van der Waals surface area contributed by atoms with E-state index in [4.69, 9.17) is 0 Å². The molecule has 0 aromatic rings. The van der Waals surface area contributed by atoms with Crippen LogP contribution in [0.4, 0.5) is 0 Å². The largest absolute Gasteiger partial charge is 0.313 e. The molecule has 0 rings (SSSR count). The van der Waals surface area contributed by atoms with Gasteiger partial charge in [0.1, 0.15) is 0 Å². The van der Waals surface area contributed by atoms with E-state index >= 15 is 0 Å². The fraction of sp³-hybridized carbons (Fsp3) is 1.00. The summed E-state index contributed by atoms with van der Waals surface area (Å²) in [6.45, 7) is 12.6. The zero-order chi connectivity index (χ0) is 11.7. The van der Waals surface area contributed by atoms with Crippen LogP contribution in [0.3, 0.4) is 0 Å². The topological polar surface area (TPSA) is 15.3 Å². The first kappa shape index (κ1) is 14.9. The predicted octanol–water partition coefficient (Wildman–Crippen LogP) is 2.74. The molecule has 2 nitrogen and oxygen atoms in total. The van der Waals surface area contributed by atoms with Crippen molar-refractivity contribution in [3.63, 3.8) is 0 Å². The molecule has 2 atom stereocenters. The van der Waals surface area contributed by atoms with Gasteiger partial charge in [-0.15, -0.1) is 0 Å². The Kier molecular flexibility index (Phi) is 9.12. The van der Waals surface area contributed by atoms with Crippen molar-refractivity contribution < 1.29 is 0 Å². The number of unbranched alkanes of at least 4 members (excludes halogenated alkanes) is 1. The van der Waals surface area contributed by atoms with Crippen LogP contribution >= 0.6 is 0 Å². The van der Waals surface area contributed by atoms with Crippen LogP contribution in [0.15, 0.2) is 0 Å². The molecule has 0 amide bonds. The van der Waals surface area contributed by atoms with E-state index in [1.165, 1.54) is 32.4 Å². The quantitative estimate of drug-likeness (QED) is 0.635. The summed E-state index contributed by atoms with van der Waals surface area (Å²) in [4.78, 5) is 2.46. The molecular weight excluding hydrogens is 184 g/mol. The molecular formula is C13H30N2. The predicted molar refractivity (Wildman–Crippen MR) is 69.3 cm³/mol. The summed E-state index contributed by atoms with van der Waals surface area (Å²) < 4.78 is 0. The van der Waals surface area contributed by atoms with Crippen molar-refractivity contribution in [2.24, 2.45) is 5.92 Å². The zero-order valence-electron chi connectivity index (χ0n) is 11.3. The molecule has 0 spiro atoms. The number of rotatable bonds is 9. The van der Waals surface area contributed by atoms with Gasteiger partial charge in [0.05, 0.1) is 0 Å². The highest BCUT2D eigenvalue weighted by Crippen LogP contribution is 2.09. The van der Waals surface area contributed by atoms with E-state index in [-0.39, 0.29) is 0 Å². The fourth-order valence-corrected chi connectivity index (χ4v) is 1.85. The second-order valence-corrected chi connectivity index (χ2v) is 4.67. The zero-order valence-corrected chi connectivity index (χ0v) is 11.3. The summed E-state index contributed by atoms with van der Waals surface area (Å²) in [5.41, 5.74) is 0. The van der Waals surface area contributed by atoms with E-state index in [0.717, 1.165) is 12.5 Å². The van der Waals surface area contributed by atoms with Crippen molar-refractivity contribution in [2.45, 2.75) is 53.0 Å².